The van der Waals surface area contributed by atoms with Gasteiger partial charge in [0.1, 0.15) is 17.3 Å². The molecule has 0 atom stereocenters. The van der Waals surface area contributed by atoms with Gasteiger partial charge in [-0.05, 0) is 36.8 Å². The molecule has 0 fully saturated rings. The molecule has 0 unspecified atom stereocenters. The monoisotopic (exact) mass is 502 g/mol. The molecule has 188 valence electrons. The first-order valence-electron chi connectivity index (χ1n) is 10.1. The fourth-order valence-corrected chi connectivity index (χ4v) is 3.03. The minimum Gasteiger partial charge on any atom is -0.496 e. The molecule has 0 aliphatic rings. The van der Waals surface area contributed by atoms with Crippen molar-refractivity contribution in [2.45, 2.75) is 19.0 Å². The first kappa shape index (κ1) is 25.9. The number of rotatable bonds is 9. The van der Waals surface area contributed by atoms with Gasteiger partial charge in [-0.2, -0.15) is 18.2 Å². The smallest absolute Gasteiger partial charge is 0.496 e. The van der Waals surface area contributed by atoms with Crippen LogP contribution in [0.2, 0.25) is 0 Å². The summed E-state index contributed by atoms with van der Waals surface area (Å²) in [6, 6.07) is 9.77. The van der Waals surface area contributed by atoms with E-state index in [0.717, 1.165) is 31.4 Å². The number of halogens is 6. The largest absolute Gasteiger partial charge is 0.573 e. The van der Waals surface area contributed by atoms with E-state index >= 15 is 0 Å². The number of aliphatic hydroxyl groups is 1. The molecule has 0 aliphatic carbocycles. The third-order valence-electron chi connectivity index (χ3n) is 4.48. The predicted molar refractivity (Wildman–Crippen MR) is 116 cm³/mol. The number of hydrogen-bond donors (Lipinski definition) is 3. The average molecular weight is 502 g/mol. The quantitative estimate of drug-likeness (QED) is 0.259. The molecule has 0 aliphatic heterocycles. The summed E-state index contributed by atoms with van der Waals surface area (Å²) in [7, 11) is 1.12. The Balaban J connectivity index is 1.99. The lowest BCUT2D eigenvalue weighted by atomic mass is 10.1. The molecule has 0 saturated carbocycles. The summed E-state index contributed by atoms with van der Waals surface area (Å²) in [5.41, 5.74) is -0.546. The lowest BCUT2D eigenvalue weighted by Crippen LogP contribution is -2.17. The maximum absolute atomic E-state index is 13.4. The molecule has 13 heteroatoms. The Morgan fingerprint density at radius 2 is 1.74 bits per heavy atom. The van der Waals surface area contributed by atoms with Gasteiger partial charge in [-0.25, -0.2) is 4.98 Å². The van der Waals surface area contributed by atoms with Crippen molar-refractivity contribution in [3.8, 4) is 22.8 Å². The first-order chi connectivity index (χ1) is 16.5. The highest BCUT2D eigenvalue weighted by atomic mass is 19.4. The SMILES string of the molecule is COc1ccc(Nc2cc(-c3cccc(OC(F)(F)F)c3)nc(NCCCO)n2)cc1C(F)(F)F. The Morgan fingerprint density at radius 1 is 0.971 bits per heavy atom. The van der Waals surface area contributed by atoms with Crippen molar-refractivity contribution in [3.63, 3.8) is 0 Å². The molecule has 35 heavy (non-hydrogen) atoms. The lowest BCUT2D eigenvalue weighted by Gasteiger charge is -2.15. The molecule has 0 saturated heterocycles. The van der Waals surface area contributed by atoms with Crippen molar-refractivity contribution < 1.29 is 40.9 Å². The Morgan fingerprint density at radius 3 is 2.40 bits per heavy atom. The van der Waals surface area contributed by atoms with E-state index < -0.39 is 23.9 Å². The lowest BCUT2D eigenvalue weighted by molar-refractivity contribution is -0.274. The Labute approximate surface area is 195 Å². The number of methoxy groups -OCH3 is 1. The molecule has 1 aromatic heterocycles. The van der Waals surface area contributed by atoms with E-state index in [1.54, 1.807) is 0 Å². The second-order valence-corrected chi connectivity index (χ2v) is 7.08. The molecule has 2 aromatic carbocycles. The minimum atomic E-state index is -4.89. The fraction of sp³-hybridized carbons (Fsp3) is 0.273. The van der Waals surface area contributed by atoms with E-state index in [-0.39, 0.29) is 47.6 Å². The fourth-order valence-electron chi connectivity index (χ4n) is 3.03. The molecule has 0 radical (unpaired) electrons. The molecule has 0 amide bonds. The predicted octanol–water partition coefficient (Wildman–Crippen LogP) is 5.61. The highest BCUT2D eigenvalue weighted by molar-refractivity contribution is 5.69. The second kappa shape index (κ2) is 10.7. The number of hydrogen-bond acceptors (Lipinski definition) is 7. The molecule has 3 rings (SSSR count). The summed E-state index contributed by atoms with van der Waals surface area (Å²) in [6.45, 7) is 0.165. The Bertz CT molecular complexity index is 1150. The van der Waals surface area contributed by atoms with Gasteiger partial charge in [0, 0.05) is 30.5 Å². The molecule has 3 aromatic rings. The van der Waals surface area contributed by atoms with Crippen LogP contribution in [0.25, 0.3) is 11.3 Å². The average Bonchev–Trinajstić information content (AvgIpc) is 2.77. The van der Waals surface area contributed by atoms with Crippen molar-refractivity contribution in [1.29, 1.82) is 0 Å². The zero-order valence-corrected chi connectivity index (χ0v) is 18.2. The first-order valence-corrected chi connectivity index (χ1v) is 10.1. The third-order valence-corrected chi connectivity index (χ3v) is 4.48. The van der Waals surface area contributed by atoms with Crippen molar-refractivity contribution in [2.24, 2.45) is 0 Å². The second-order valence-electron chi connectivity index (χ2n) is 7.08. The van der Waals surface area contributed by atoms with Crippen LogP contribution < -0.4 is 20.1 Å². The van der Waals surface area contributed by atoms with Crippen LogP contribution in [0.15, 0.2) is 48.5 Å². The zero-order chi connectivity index (χ0) is 25.6. The van der Waals surface area contributed by atoms with Crippen molar-refractivity contribution in [3.05, 3.63) is 54.1 Å². The summed E-state index contributed by atoms with van der Waals surface area (Å²) < 4.78 is 86.7. The van der Waals surface area contributed by atoms with Crippen LogP contribution in [-0.2, 0) is 6.18 Å². The Kier molecular flexibility index (Phi) is 7.89. The van der Waals surface area contributed by atoms with Gasteiger partial charge in [-0.1, -0.05) is 12.1 Å². The maximum atomic E-state index is 13.4. The number of ether oxygens (including phenoxy) is 2. The summed E-state index contributed by atoms with van der Waals surface area (Å²) in [5, 5.41) is 14.6. The minimum absolute atomic E-state index is 0.0400. The van der Waals surface area contributed by atoms with Gasteiger partial charge < -0.3 is 25.2 Å². The number of aliphatic hydroxyl groups excluding tert-OH is 1. The molecular weight excluding hydrogens is 482 g/mol. The summed E-state index contributed by atoms with van der Waals surface area (Å²) in [6.07, 6.45) is -9.20. The van der Waals surface area contributed by atoms with Crippen LogP contribution in [-0.4, -0.2) is 41.7 Å². The van der Waals surface area contributed by atoms with Gasteiger partial charge in [-0.3, -0.25) is 0 Å². The molecule has 7 nitrogen and oxygen atoms in total. The number of alkyl halides is 6. The maximum Gasteiger partial charge on any atom is 0.573 e. The summed E-state index contributed by atoms with van der Waals surface area (Å²) >= 11 is 0. The van der Waals surface area contributed by atoms with Gasteiger partial charge in [0.25, 0.3) is 0 Å². The van der Waals surface area contributed by atoms with Crippen LogP contribution in [0.5, 0.6) is 11.5 Å². The van der Waals surface area contributed by atoms with Gasteiger partial charge >= 0.3 is 12.5 Å². The molecule has 0 bridgehead atoms. The van der Waals surface area contributed by atoms with Crippen LogP contribution in [0.3, 0.4) is 0 Å². The number of nitrogens with zero attached hydrogens (tertiary/aromatic N) is 2. The Hall–Kier alpha value is -3.74. The summed E-state index contributed by atoms with van der Waals surface area (Å²) in [4.78, 5) is 8.46. The zero-order valence-electron chi connectivity index (χ0n) is 18.2. The van der Waals surface area contributed by atoms with Crippen molar-refractivity contribution in [1.82, 2.24) is 9.97 Å². The highest BCUT2D eigenvalue weighted by Gasteiger charge is 2.34. The third kappa shape index (κ3) is 7.37. The highest BCUT2D eigenvalue weighted by Crippen LogP contribution is 2.38. The molecule has 0 spiro atoms. The van der Waals surface area contributed by atoms with Crippen LogP contribution in [0.1, 0.15) is 12.0 Å². The number of anilines is 3. The van der Waals surface area contributed by atoms with E-state index in [0.29, 0.717) is 6.42 Å². The number of nitrogens with one attached hydrogen (secondary N) is 2. The molecular formula is C22H20F6N4O3. The molecule has 3 N–H and O–H groups in total. The normalized spacial score (nSPS) is 11.8. The van der Waals surface area contributed by atoms with E-state index in [1.807, 2.05) is 0 Å². The number of benzene rings is 2. The topological polar surface area (TPSA) is 88.5 Å². The summed E-state index contributed by atoms with van der Waals surface area (Å²) in [5.74, 6) is -0.714. The van der Waals surface area contributed by atoms with Gasteiger partial charge in [0.15, 0.2) is 0 Å². The van der Waals surface area contributed by atoms with Crippen molar-refractivity contribution >= 4 is 17.5 Å². The van der Waals surface area contributed by atoms with Crippen LogP contribution in [0, 0.1) is 0 Å². The van der Waals surface area contributed by atoms with E-state index in [2.05, 4.69) is 25.3 Å². The van der Waals surface area contributed by atoms with Crippen LogP contribution >= 0.6 is 0 Å². The standard InChI is InChI=1S/C22H20F6N4O3/c1-34-18-7-6-14(11-16(18)21(23,24)25)30-19-12-17(31-20(32-19)29-8-3-9-33)13-4-2-5-15(10-13)35-22(26,27)28/h2,4-7,10-12,33H,3,8-9H2,1H3,(H2,29,30,31,32). The van der Waals surface area contributed by atoms with E-state index in [4.69, 9.17) is 9.84 Å². The van der Waals surface area contributed by atoms with Gasteiger partial charge in [-0.15, -0.1) is 13.2 Å². The van der Waals surface area contributed by atoms with Crippen LogP contribution in [0.4, 0.5) is 43.8 Å². The van der Waals surface area contributed by atoms with Crippen molar-refractivity contribution in [2.75, 3.05) is 30.9 Å². The van der Waals surface area contributed by atoms with E-state index in [9.17, 15) is 26.3 Å². The van der Waals surface area contributed by atoms with Gasteiger partial charge in [0.05, 0.1) is 18.4 Å². The van der Waals surface area contributed by atoms with Gasteiger partial charge in [0.2, 0.25) is 5.95 Å². The number of aromatic nitrogens is 2. The van der Waals surface area contributed by atoms with E-state index in [1.165, 1.54) is 24.3 Å². The molecule has 1 heterocycles.